The van der Waals surface area contributed by atoms with Crippen LogP contribution in [0.25, 0.3) is 0 Å². The highest BCUT2D eigenvalue weighted by molar-refractivity contribution is 7.09. The van der Waals surface area contributed by atoms with Crippen molar-refractivity contribution in [3.05, 3.63) is 103 Å². The SMILES string of the molecule is C1CCOC1.Cc1nc(CCc2cccc(CCCC(=O)CNC(=O)OC(C)(C)C)c2)cs1.Cc1nc(CCc2cccc(CCN)c2)cs1. The fraction of sp³-hybridized carbons (Fsp3) is 0.500. The summed E-state index contributed by atoms with van der Waals surface area (Å²) in [5.74, 6) is 0.0147. The van der Waals surface area contributed by atoms with Gasteiger partial charge in [0.15, 0.2) is 5.78 Å². The van der Waals surface area contributed by atoms with Crippen LogP contribution in [0.4, 0.5) is 4.79 Å². The van der Waals surface area contributed by atoms with E-state index in [1.807, 2.05) is 6.92 Å². The number of hydrogen-bond donors (Lipinski definition) is 2. The number of ether oxygens (including phenoxy) is 2. The van der Waals surface area contributed by atoms with Crippen molar-refractivity contribution in [2.45, 2.75) is 104 Å². The molecule has 5 rings (SSSR count). The van der Waals surface area contributed by atoms with E-state index in [1.165, 1.54) is 40.8 Å². The summed E-state index contributed by atoms with van der Waals surface area (Å²) < 4.78 is 10.1. The summed E-state index contributed by atoms with van der Waals surface area (Å²) >= 11 is 3.41. The second kappa shape index (κ2) is 22.4. The van der Waals surface area contributed by atoms with Crippen LogP contribution >= 0.6 is 22.7 Å². The van der Waals surface area contributed by atoms with Crippen molar-refractivity contribution in [3.8, 4) is 0 Å². The average Bonchev–Trinajstić information content (AvgIpc) is 3.87. The summed E-state index contributed by atoms with van der Waals surface area (Å²) in [6.45, 7) is 12.2. The normalized spacial score (nSPS) is 12.4. The first-order valence-electron chi connectivity index (χ1n) is 17.7. The first kappa shape index (κ1) is 41.0. The Bertz CT molecular complexity index is 1570. The van der Waals surface area contributed by atoms with Gasteiger partial charge in [0, 0.05) is 30.4 Å². The van der Waals surface area contributed by atoms with E-state index in [4.69, 9.17) is 15.2 Å². The monoisotopic (exact) mass is 720 g/mol. The highest BCUT2D eigenvalue weighted by Gasteiger charge is 2.16. The Morgan fingerprint density at radius 1 is 0.800 bits per heavy atom. The molecule has 3 heterocycles. The number of benzene rings is 2. The van der Waals surface area contributed by atoms with Gasteiger partial charge in [-0.25, -0.2) is 14.8 Å². The summed E-state index contributed by atoms with van der Waals surface area (Å²) in [4.78, 5) is 32.5. The third-order valence-corrected chi connectivity index (χ3v) is 9.31. The molecule has 8 nitrogen and oxygen atoms in total. The molecule has 2 aromatic carbocycles. The summed E-state index contributed by atoms with van der Waals surface area (Å²) in [6.07, 6.45) is 9.02. The van der Waals surface area contributed by atoms with Crippen LogP contribution in [0.2, 0.25) is 0 Å². The van der Waals surface area contributed by atoms with E-state index in [0.717, 1.165) is 73.9 Å². The minimum atomic E-state index is -0.559. The van der Waals surface area contributed by atoms with E-state index in [2.05, 4.69) is 81.5 Å². The molecule has 0 saturated carbocycles. The third-order valence-electron chi connectivity index (χ3n) is 7.67. The maximum absolute atomic E-state index is 12.0. The molecule has 2 aromatic heterocycles. The topological polar surface area (TPSA) is 116 Å². The van der Waals surface area contributed by atoms with E-state index in [0.29, 0.717) is 13.0 Å². The standard InChI is InChI=1S/C22H30N2O3S.C14H18N2S.C4H8O/c1-16-24-19(15-28-16)12-11-18-8-5-7-17(13-18)9-6-10-20(25)14-23-21(26)27-22(2,3)4;1-11-16-14(10-17-11)6-5-12-3-2-4-13(9-12)7-8-15;1-2-4-5-3-1/h5,7-8,13,15H,6,9-12,14H2,1-4H3,(H,23,26);2-4,9-10H,5-8,15H2,1H3;1-4H2. The van der Waals surface area contributed by atoms with Crippen LogP contribution in [0.5, 0.6) is 0 Å². The quantitative estimate of drug-likeness (QED) is 0.135. The summed E-state index contributed by atoms with van der Waals surface area (Å²) in [5.41, 5.74) is 12.6. The van der Waals surface area contributed by atoms with Crippen molar-refractivity contribution in [2.75, 3.05) is 26.3 Å². The zero-order chi connectivity index (χ0) is 36.2. The Balaban J connectivity index is 0.000000257. The van der Waals surface area contributed by atoms with Gasteiger partial charge in [-0.3, -0.25) is 4.79 Å². The first-order valence-corrected chi connectivity index (χ1v) is 19.5. The second-order valence-corrected chi connectivity index (χ2v) is 15.6. The van der Waals surface area contributed by atoms with Gasteiger partial charge in [-0.2, -0.15) is 0 Å². The minimum Gasteiger partial charge on any atom is -0.444 e. The van der Waals surface area contributed by atoms with Gasteiger partial charge in [-0.15, -0.1) is 22.7 Å². The minimum absolute atomic E-state index is 0.0147. The van der Waals surface area contributed by atoms with E-state index in [9.17, 15) is 9.59 Å². The van der Waals surface area contributed by atoms with Crippen LogP contribution in [-0.4, -0.2) is 53.7 Å². The number of aromatic nitrogens is 2. The van der Waals surface area contributed by atoms with Gasteiger partial charge in [0.25, 0.3) is 0 Å². The molecule has 4 aromatic rings. The van der Waals surface area contributed by atoms with E-state index >= 15 is 0 Å². The van der Waals surface area contributed by atoms with Crippen molar-refractivity contribution in [3.63, 3.8) is 0 Å². The van der Waals surface area contributed by atoms with Gasteiger partial charge >= 0.3 is 6.09 Å². The molecule has 0 bridgehead atoms. The number of hydrogen-bond acceptors (Lipinski definition) is 9. The van der Waals surface area contributed by atoms with E-state index in [-0.39, 0.29) is 12.3 Å². The lowest BCUT2D eigenvalue weighted by molar-refractivity contribution is -0.118. The summed E-state index contributed by atoms with van der Waals surface area (Å²) in [6, 6.07) is 17.2. The number of carbonyl (C=O) groups excluding carboxylic acids is 2. The number of nitrogens with one attached hydrogen (secondary N) is 1. The molecule has 1 aliphatic heterocycles. The van der Waals surface area contributed by atoms with Gasteiger partial charge in [0.1, 0.15) is 5.60 Å². The van der Waals surface area contributed by atoms with Gasteiger partial charge < -0.3 is 20.5 Å². The molecule has 0 aliphatic carbocycles. The molecule has 0 radical (unpaired) electrons. The number of amides is 1. The zero-order valence-corrected chi connectivity index (χ0v) is 32.2. The predicted molar refractivity (Wildman–Crippen MR) is 206 cm³/mol. The molecular formula is C40H56N4O4S2. The second-order valence-electron chi connectivity index (χ2n) is 13.5. The number of nitrogens with two attached hydrogens (primary N) is 1. The van der Waals surface area contributed by atoms with Crippen LogP contribution in [0.15, 0.2) is 59.3 Å². The number of Topliss-reactive ketones (excluding diaryl/α,β-unsaturated/α-hetero) is 1. The molecule has 1 aliphatic rings. The molecule has 10 heteroatoms. The molecule has 1 saturated heterocycles. The Morgan fingerprint density at radius 3 is 1.72 bits per heavy atom. The lowest BCUT2D eigenvalue weighted by Crippen LogP contribution is -2.35. The van der Waals surface area contributed by atoms with Crippen molar-refractivity contribution in [1.29, 1.82) is 0 Å². The number of alkyl carbamates (subject to hydrolysis) is 1. The smallest absolute Gasteiger partial charge is 0.408 e. The van der Waals surface area contributed by atoms with E-state index < -0.39 is 11.7 Å². The lowest BCUT2D eigenvalue weighted by atomic mass is 10.0. The largest absolute Gasteiger partial charge is 0.444 e. The summed E-state index contributed by atoms with van der Waals surface area (Å²) in [5, 5.41) is 9.04. The van der Waals surface area contributed by atoms with Gasteiger partial charge in [-0.1, -0.05) is 48.5 Å². The fourth-order valence-electron chi connectivity index (χ4n) is 5.21. The molecule has 1 fully saturated rings. The summed E-state index contributed by atoms with van der Waals surface area (Å²) in [7, 11) is 0. The Kier molecular flexibility index (Phi) is 18.4. The Hall–Kier alpha value is -3.44. The first-order chi connectivity index (χ1) is 24.0. The maximum Gasteiger partial charge on any atom is 0.408 e. The molecule has 272 valence electrons. The highest BCUT2D eigenvalue weighted by Crippen LogP contribution is 2.15. The molecular weight excluding hydrogens is 665 g/mol. The Morgan fingerprint density at radius 2 is 1.30 bits per heavy atom. The lowest BCUT2D eigenvalue weighted by Gasteiger charge is -2.19. The van der Waals surface area contributed by atoms with Gasteiger partial charge in [-0.05, 0) is 121 Å². The van der Waals surface area contributed by atoms with Crippen LogP contribution in [0.3, 0.4) is 0 Å². The van der Waals surface area contributed by atoms with Gasteiger partial charge in [0.05, 0.1) is 27.9 Å². The van der Waals surface area contributed by atoms with E-state index in [1.54, 1.807) is 43.4 Å². The fourth-order valence-corrected chi connectivity index (χ4v) is 6.51. The molecule has 1 amide bonds. The molecule has 3 N–H and O–H groups in total. The molecule has 0 spiro atoms. The van der Waals surface area contributed by atoms with Gasteiger partial charge in [0.2, 0.25) is 0 Å². The zero-order valence-electron chi connectivity index (χ0n) is 30.6. The highest BCUT2D eigenvalue weighted by atomic mass is 32.1. The van der Waals surface area contributed by atoms with Crippen molar-refractivity contribution >= 4 is 34.6 Å². The number of nitrogens with zero attached hydrogens (tertiary/aromatic N) is 2. The van der Waals surface area contributed by atoms with Crippen molar-refractivity contribution < 1.29 is 19.1 Å². The number of ketones is 1. The van der Waals surface area contributed by atoms with Crippen LogP contribution < -0.4 is 11.1 Å². The molecule has 50 heavy (non-hydrogen) atoms. The number of carbonyl (C=O) groups is 2. The van der Waals surface area contributed by atoms with Crippen LogP contribution in [0.1, 0.15) is 90.1 Å². The van der Waals surface area contributed by atoms with Crippen molar-refractivity contribution in [1.82, 2.24) is 15.3 Å². The number of thiazole rings is 2. The molecule has 0 unspecified atom stereocenters. The number of aryl methyl sites for hydroxylation is 7. The number of rotatable bonds is 14. The molecule has 0 atom stereocenters. The third kappa shape index (κ3) is 18.0. The average molecular weight is 721 g/mol. The predicted octanol–water partition coefficient (Wildman–Crippen LogP) is 8.19. The Labute approximate surface area is 307 Å². The van der Waals surface area contributed by atoms with Crippen LogP contribution in [0, 0.1) is 13.8 Å². The maximum atomic E-state index is 12.0. The van der Waals surface area contributed by atoms with Crippen molar-refractivity contribution in [2.24, 2.45) is 5.73 Å². The van der Waals surface area contributed by atoms with Crippen LogP contribution in [-0.2, 0) is 52.8 Å².